The highest BCUT2D eigenvalue weighted by atomic mass is 35.5. The quantitative estimate of drug-likeness (QED) is 0.726. The average molecular weight is 248 g/mol. The van der Waals surface area contributed by atoms with Gasteiger partial charge in [-0.05, 0) is 18.9 Å². The topological polar surface area (TPSA) is 29.0 Å². The maximum Gasteiger partial charge on any atom is 0.0950 e. The van der Waals surface area contributed by atoms with Crippen molar-refractivity contribution in [1.82, 2.24) is 10.2 Å². The minimum Gasteiger partial charge on any atom is -0.370 e. The number of halogens is 1. The van der Waals surface area contributed by atoms with E-state index in [1.807, 2.05) is 24.4 Å². The lowest BCUT2D eigenvalue weighted by Gasteiger charge is -2.31. The molecule has 3 nitrogen and oxygen atoms in total. The van der Waals surface area contributed by atoms with E-state index in [0.29, 0.717) is 5.38 Å². The molecule has 17 heavy (non-hydrogen) atoms. The molecule has 0 unspecified atom stereocenters. The van der Waals surface area contributed by atoms with Crippen molar-refractivity contribution in [3.8, 4) is 0 Å². The summed E-state index contributed by atoms with van der Waals surface area (Å²) in [6.07, 6.45) is 3.94. The molecule has 0 N–H and O–H groups in total. The summed E-state index contributed by atoms with van der Waals surface area (Å²) >= 11 is 6.13. The summed E-state index contributed by atoms with van der Waals surface area (Å²) in [5.41, 5.74) is 2.14. The molecule has 0 aliphatic carbocycles. The van der Waals surface area contributed by atoms with Crippen LogP contribution in [0, 0.1) is 0 Å². The molecule has 0 amide bonds. The highest BCUT2D eigenvalue weighted by Crippen LogP contribution is 2.27. The van der Waals surface area contributed by atoms with Gasteiger partial charge in [0.1, 0.15) is 0 Å². The maximum absolute atomic E-state index is 6.13. The lowest BCUT2D eigenvalue weighted by molar-refractivity contribution is 0.585. The fourth-order valence-corrected chi connectivity index (χ4v) is 2.53. The number of benzene rings is 1. The predicted octanol–water partition coefficient (Wildman–Crippen LogP) is 2.84. The number of fused-ring (bicyclic) bond motifs is 1. The van der Waals surface area contributed by atoms with Gasteiger partial charge in [-0.25, -0.2) is 0 Å². The van der Waals surface area contributed by atoms with Gasteiger partial charge < -0.3 is 4.90 Å². The highest BCUT2D eigenvalue weighted by Gasteiger charge is 2.19. The zero-order valence-electron chi connectivity index (χ0n) is 9.51. The van der Waals surface area contributed by atoms with Crippen LogP contribution in [0.3, 0.4) is 0 Å². The molecule has 0 radical (unpaired) electrons. The third-order valence-corrected chi connectivity index (χ3v) is 3.73. The Morgan fingerprint density at radius 1 is 1.18 bits per heavy atom. The molecule has 4 heteroatoms. The minimum atomic E-state index is 0.326. The van der Waals surface area contributed by atoms with Crippen LogP contribution in [0.2, 0.25) is 0 Å². The second-order valence-electron chi connectivity index (χ2n) is 4.41. The number of rotatable bonds is 1. The van der Waals surface area contributed by atoms with E-state index < -0.39 is 0 Å². The minimum absolute atomic E-state index is 0.326. The van der Waals surface area contributed by atoms with E-state index in [9.17, 15) is 0 Å². The standard InChI is InChI=1S/C13H14ClN3/c14-10-5-7-17(8-6-10)13-9-15-16-12-4-2-1-3-11(12)13/h1-4,9-10H,5-8H2. The van der Waals surface area contributed by atoms with Gasteiger partial charge in [-0.2, -0.15) is 10.2 Å². The second kappa shape index (κ2) is 4.49. The predicted molar refractivity (Wildman–Crippen MR) is 70.6 cm³/mol. The molecule has 88 valence electrons. The van der Waals surface area contributed by atoms with Crippen molar-refractivity contribution in [2.24, 2.45) is 0 Å². The van der Waals surface area contributed by atoms with Gasteiger partial charge in [0.15, 0.2) is 0 Å². The van der Waals surface area contributed by atoms with E-state index in [4.69, 9.17) is 11.6 Å². The zero-order valence-corrected chi connectivity index (χ0v) is 10.3. The first kappa shape index (κ1) is 10.8. The Hall–Kier alpha value is -1.35. The van der Waals surface area contributed by atoms with Crippen LogP contribution in [0.4, 0.5) is 5.69 Å². The summed E-state index contributed by atoms with van der Waals surface area (Å²) in [6.45, 7) is 2.01. The van der Waals surface area contributed by atoms with Crippen molar-refractivity contribution < 1.29 is 0 Å². The Bertz CT molecular complexity index is 516. The van der Waals surface area contributed by atoms with Crippen molar-refractivity contribution in [2.75, 3.05) is 18.0 Å². The first-order valence-corrected chi connectivity index (χ1v) is 6.38. The number of anilines is 1. The molecule has 1 aromatic heterocycles. The lowest BCUT2D eigenvalue weighted by atomic mass is 10.1. The van der Waals surface area contributed by atoms with Gasteiger partial charge in [-0.15, -0.1) is 11.6 Å². The lowest BCUT2D eigenvalue weighted by Crippen LogP contribution is -2.34. The van der Waals surface area contributed by atoms with Gasteiger partial charge in [-0.1, -0.05) is 18.2 Å². The fourth-order valence-electron chi connectivity index (χ4n) is 2.33. The molecule has 3 rings (SSSR count). The van der Waals surface area contributed by atoms with Crippen LogP contribution in [-0.4, -0.2) is 28.7 Å². The van der Waals surface area contributed by atoms with Crippen LogP contribution in [0.1, 0.15) is 12.8 Å². The van der Waals surface area contributed by atoms with Crippen molar-refractivity contribution in [2.45, 2.75) is 18.2 Å². The fraction of sp³-hybridized carbons (Fsp3) is 0.385. The zero-order chi connectivity index (χ0) is 11.7. The van der Waals surface area contributed by atoms with Crippen LogP contribution in [-0.2, 0) is 0 Å². The van der Waals surface area contributed by atoms with Crippen LogP contribution in [0.5, 0.6) is 0 Å². The van der Waals surface area contributed by atoms with Crippen molar-refractivity contribution in [1.29, 1.82) is 0 Å². The molecule has 0 bridgehead atoms. The van der Waals surface area contributed by atoms with Gasteiger partial charge in [0.2, 0.25) is 0 Å². The monoisotopic (exact) mass is 247 g/mol. The molecule has 1 aliphatic heterocycles. The molecule has 1 aromatic carbocycles. The van der Waals surface area contributed by atoms with Gasteiger partial charge in [0, 0.05) is 23.9 Å². The molecule has 2 heterocycles. The van der Waals surface area contributed by atoms with Gasteiger partial charge >= 0.3 is 0 Å². The Morgan fingerprint density at radius 2 is 1.94 bits per heavy atom. The number of alkyl halides is 1. The molecule has 0 atom stereocenters. The molecule has 0 spiro atoms. The Labute approximate surface area is 105 Å². The smallest absolute Gasteiger partial charge is 0.0950 e. The number of aromatic nitrogens is 2. The highest BCUT2D eigenvalue weighted by molar-refractivity contribution is 6.20. The third kappa shape index (κ3) is 2.07. The molecule has 2 aromatic rings. The van der Waals surface area contributed by atoms with Crippen molar-refractivity contribution >= 4 is 28.2 Å². The van der Waals surface area contributed by atoms with Crippen LogP contribution in [0.15, 0.2) is 30.5 Å². The van der Waals surface area contributed by atoms with Crippen LogP contribution >= 0.6 is 11.6 Å². The Kier molecular flexibility index (Phi) is 2.85. The Balaban J connectivity index is 2.00. The molecular weight excluding hydrogens is 234 g/mol. The molecular formula is C13H14ClN3. The number of nitrogens with zero attached hydrogens (tertiary/aromatic N) is 3. The van der Waals surface area contributed by atoms with E-state index in [1.165, 1.54) is 11.1 Å². The average Bonchev–Trinajstić information content (AvgIpc) is 2.39. The largest absolute Gasteiger partial charge is 0.370 e. The summed E-state index contributed by atoms with van der Waals surface area (Å²) in [4.78, 5) is 2.36. The summed E-state index contributed by atoms with van der Waals surface area (Å²) in [7, 11) is 0. The normalized spacial score (nSPS) is 17.6. The van der Waals surface area contributed by atoms with Crippen molar-refractivity contribution in [3.63, 3.8) is 0 Å². The van der Waals surface area contributed by atoms with E-state index >= 15 is 0 Å². The van der Waals surface area contributed by atoms with E-state index in [-0.39, 0.29) is 0 Å². The van der Waals surface area contributed by atoms with E-state index in [0.717, 1.165) is 31.4 Å². The van der Waals surface area contributed by atoms with Gasteiger partial charge in [0.05, 0.1) is 17.4 Å². The molecule has 0 saturated carbocycles. The number of hydrogen-bond acceptors (Lipinski definition) is 3. The summed E-state index contributed by atoms with van der Waals surface area (Å²) in [6, 6.07) is 8.14. The number of hydrogen-bond donors (Lipinski definition) is 0. The number of piperidine rings is 1. The maximum atomic E-state index is 6.13. The first-order chi connectivity index (χ1) is 8.34. The SMILES string of the molecule is ClC1CCN(c2cnnc3ccccc23)CC1. The summed E-state index contributed by atoms with van der Waals surface area (Å²) in [5, 5.41) is 9.73. The first-order valence-electron chi connectivity index (χ1n) is 5.94. The van der Waals surface area contributed by atoms with Crippen molar-refractivity contribution in [3.05, 3.63) is 30.5 Å². The molecule has 1 saturated heterocycles. The van der Waals surface area contributed by atoms with Crippen LogP contribution in [0.25, 0.3) is 10.9 Å². The van der Waals surface area contributed by atoms with Gasteiger partial charge in [0.25, 0.3) is 0 Å². The molecule has 1 aliphatic rings. The third-order valence-electron chi connectivity index (χ3n) is 3.29. The van der Waals surface area contributed by atoms with E-state index in [1.54, 1.807) is 0 Å². The summed E-state index contributed by atoms with van der Waals surface area (Å²) < 4.78 is 0. The molecule has 1 fully saturated rings. The second-order valence-corrected chi connectivity index (χ2v) is 5.03. The Morgan fingerprint density at radius 3 is 2.76 bits per heavy atom. The van der Waals surface area contributed by atoms with Crippen LogP contribution < -0.4 is 4.90 Å². The summed E-state index contributed by atoms with van der Waals surface area (Å²) in [5.74, 6) is 0. The van der Waals surface area contributed by atoms with E-state index in [2.05, 4.69) is 21.2 Å². The van der Waals surface area contributed by atoms with Gasteiger partial charge in [-0.3, -0.25) is 0 Å².